The van der Waals surface area contributed by atoms with E-state index in [9.17, 15) is 4.79 Å². The molecular weight excluding hydrogens is 216 g/mol. The topological polar surface area (TPSA) is 58.9 Å². The fraction of sp³-hybridized carbons (Fsp3) is 0.667. The van der Waals surface area contributed by atoms with Gasteiger partial charge in [-0.3, -0.25) is 9.48 Å². The maximum Gasteiger partial charge on any atom is 0.254 e. The van der Waals surface area contributed by atoms with Crippen LogP contribution in [0.15, 0.2) is 6.20 Å². The molecule has 0 atom stereocenters. The first-order valence-corrected chi connectivity index (χ1v) is 6.20. The summed E-state index contributed by atoms with van der Waals surface area (Å²) in [7, 11) is 1.83. The number of amides is 1. The van der Waals surface area contributed by atoms with Crippen LogP contribution >= 0.6 is 0 Å². The zero-order valence-electron chi connectivity index (χ0n) is 10.9. The van der Waals surface area contributed by atoms with E-state index in [0.29, 0.717) is 12.1 Å². The molecular formula is C12H22N4O. The van der Waals surface area contributed by atoms with Gasteiger partial charge in [0.2, 0.25) is 0 Å². The molecule has 5 nitrogen and oxygen atoms in total. The van der Waals surface area contributed by atoms with Crippen molar-refractivity contribution in [3.05, 3.63) is 17.5 Å². The number of nitrogens with zero attached hydrogens (tertiary/aromatic N) is 2. The van der Waals surface area contributed by atoms with E-state index in [0.717, 1.165) is 31.6 Å². The fourth-order valence-electron chi connectivity index (χ4n) is 1.67. The van der Waals surface area contributed by atoms with Crippen LogP contribution in [0.2, 0.25) is 0 Å². The predicted molar refractivity (Wildman–Crippen MR) is 68.1 cm³/mol. The lowest BCUT2D eigenvalue weighted by Crippen LogP contribution is -2.27. The van der Waals surface area contributed by atoms with E-state index in [1.165, 1.54) is 0 Å². The van der Waals surface area contributed by atoms with Crippen molar-refractivity contribution >= 4 is 5.91 Å². The van der Waals surface area contributed by atoms with E-state index in [1.807, 2.05) is 14.0 Å². The van der Waals surface area contributed by atoms with Gasteiger partial charge in [-0.05, 0) is 25.9 Å². The summed E-state index contributed by atoms with van der Waals surface area (Å²) in [5.41, 5.74) is 1.55. The highest BCUT2D eigenvalue weighted by Gasteiger charge is 2.13. The highest BCUT2D eigenvalue weighted by molar-refractivity contribution is 5.95. The van der Waals surface area contributed by atoms with Gasteiger partial charge in [0.05, 0.1) is 11.3 Å². The van der Waals surface area contributed by atoms with Gasteiger partial charge in [0.1, 0.15) is 0 Å². The number of rotatable bonds is 7. The first-order chi connectivity index (χ1) is 8.19. The molecule has 0 aliphatic heterocycles. The normalized spacial score (nSPS) is 10.5. The average Bonchev–Trinajstić information content (AvgIpc) is 2.70. The Labute approximate surface area is 103 Å². The van der Waals surface area contributed by atoms with Crippen LogP contribution in [0.5, 0.6) is 0 Å². The number of aromatic nitrogens is 2. The molecule has 0 spiro atoms. The van der Waals surface area contributed by atoms with Gasteiger partial charge in [0.25, 0.3) is 5.91 Å². The second-order valence-corrected chi connectivity index (χ2v) is 3.98. The third kappa shape index (κ3) is 4.19. The Morgan fingerprint density at radius 2 is 2.18 bits per heavy atom. The lowest BCUT2D eigenvalue weighted by atomic mass is 10.2. The van der Waals surface area contributed by atoms with Crippen molar-refractivity contribution in [2.24, 2.45) is 7.05 Å². The average molecular weight is 238 g/mol. The van der Waals surface area contributed by atoms with Gasteiger partial charge in [0, 0.05) is 19.8 Å². The third-order valence-electron chi connectivity index (χ3n) is 2.55. The second-order valence-electron chi connectivity index (χ2n) is 3.98. The molecule has 1 amide bonds. The summed E-state index contributed by atoms with van der Waals surface area (Å²) in [6, 6.07) is 0. The Hall–Kier alpha value is -1.36. The number of carbonyl (C=O) groups is 1. The molecule has 0 saturated heterocycles. The quantitative estimate of drug-likeness (QED) is 0.688. The van der Waals surface area contributed by atoms with Gasteiger partial charge >= 0.3 is 0 Å². The van der Waals surface area contributed by atoms with E-state index in [1.54, 1.807) is 10.9 Å². The predicted octanol–water partition coefficient (Wildman–Crippen LogP) is 0.712. The Balaban J connectivity index is 2.41. The summed E-state index contributed by atoms with van der Waals surface area (Å²) in [6.07, 6.45) is 3.50. The summed E-state index contributed by atoms with van der Waals surface area (Å²) in [5, 5.41) is 10.4. The number of aryl methyl sites for hydroxylation is 2. The minimum atomic E-state index is -0.0218. The Kier molecular flexibility index (Phi) is 5.69. The molecule has 17 heavy (non-hydrogen) atoms. The Morgan fingerprint density at radius 3 is 2.82 bits per heavy atom. The highest BCUT2D eigenvalue weighted by Crippen LogP contribution is 2.06. The molecule has 0 fully saturated rings. The van der Waals surface area contributed by atoms with E-state index < -0.39 is 0 Å². The molecule has 96 valence electrons. The van der Waals surface area contributed by atoms with Crippen molar-refractivity contribution in [2.45, 2.75) is 26.7 Å². The molecule has 0 unspecified atom stereocenters. The van der Waals surface area contributed by atoms with E-state index in [-0.39, 0.29) is 5.91 Å². The van der Waals surface area contributed by atoms with Gasteiger partial charge in [-0.1, -0.05) is 13.8 Å². The molecule has 0 aliphatic carbocycles. The summed E-state index contributed by atoms with van der Waals surface area (Å²) in [4.78, 5) is 11.9. The first kappa shape index (κ1) is 13.7. The van der Waals surface area contributed by atoms with Crippen LogP contribution in [0, 0.1) is 0 Å². The van der Waals surface area contributed by atoms with Crippen molar-refractivity contribution < 1.29 is 4.79 Å². The van der Waals surface area contributed by atoms with Gasteiger partial charge in [-0.25, -0.2) is 0 Å². The number of nitrogens with one attached hydrogen (secondary N) is 2. The second kappa shape index (κ2) is 7.06. The molecule has 0 bridgehead atoms. The first-order valence-electron chi connectivity index (χ1n) is 6.20. The van der Waals surface area contributed by atoms with Crippen LogP contribution in [0.3, 0.4) is 0 Å². The molecule has 1 aromatic heterocycles. The van der Waals surface area contributed by atoms with Crippen LogP contribution in [0.4, 0.5) is 0 Å². The minimum Gasteiger partial charge on any atom is -0.352 e. The van der Waals surface area contributed by atoms with E-state index >= 15 is 0 Å². The summed E-state index contributed by atoms with van der Waals surface area (Å²) < 4.78 is 1.69. The molecule has 1 aromatic rings. The standard InChI is InChI=1S/C12H22N4O/c1-4-11-10(9-16(3)15-11)12(17)14-8-6-7-13-5-2/h9,13H,4-8H2,1-3H3,(H,14,17). The molecule has 0 radical (unpaired) electrons. The van der Waals surface area contributed by atoms with Crippen molar-refractivity contribution in [2.75, 3.05) is 19.6 Å². The van der Waals surface area contributed by atoms with Crippen LogP contribution in [-0.2, 0) is 13.5 Å². The zero-order valence-corrected chi connectivity index (χ0v) is 10.9. The zero-order chi connectivity index (χ0) is 12.7. The smallest absolute Gasteiger partial charge is 0.254 e. The van der Waals surface area contributed by atoms with E-state index in [2.05, 4.69) is 22.7 Å². The molecule has 0 saturated carbocycles. The molecule has 0 aliphatic rings. The maximum atomic E-state index is 11.9. The monoisotopic (exact) mass is 238 g/mol. The highest BCUT2D eigenvalue weighted by atomic mass is 16.1. The van der Waals surface area contributed by atoms with Crippen LogP contribution in [-0.4, -0.2) is 35.3 Å². The number of hydrogen-bond donors (Lipinski definition) is 2. The molecule has 1 heterocycles. The van der Waals surface area contributed by atoms with Crippen LogP contribution < -0.4 is 10.6 Å². The fourth-order valence-corrected chi connectivity index (χ4v) is 1.67. The largest absolute Gasteiger partial charge is 0.352 e. The van der Waals surface area contributed by atoms with Crippen molar-refractivity contribution in [3.8, 4) is 0 Å². The number of hydrogen-bond acceptors (Lipinski definition) is 3. The van der Waals surface area contributed by atoms with Gasteiger partial charge in [-0.15, -0.1) is 0 Å². The minimum absolute atomic E-state index is 0.0218. The summed E-state index contributed by atoms with van der Waals surface area (Å²) >= 11 is 0. The van der Waals surface area contributed by atoms with Crippen LogP contribution in [0.25, 0.3) is 0 Å². The van der Waals surface area contributed by atoms with Crippen molar-refractivity contribution in [3.63, 3.8) is 0 Å². The summed E-state index contributed by atoms with van der Waals surface area (Å²) in [6.45, 7) is 6.68. The number of carbonyl (C=O) groups excluding carboxylic acids is 1. The van der Waals surface area contributed by atoms with Crippen molar-refractivity contribution in [1.29, 1.82) is 0 Å². The van der Waals surface area contributed by atoms with Crippen molar-refractivity contribution in [1.82, 2.24) is 20.4 Å². The maximum absolute atomic E-state index is 11.9. The Bertz CT molecular complexity index is 359. The van der Waals surface area contributed by atoms with E-state index in [4.69, 9.17) is 0 Å². The van der Waals surface area contributed by atoms with Gasteiger partial charge < -0.3 is 10.6 Å². The molecule has 5 heteroatoms. The summed E-state index contributed by atoms with van der Waals surface area (Å²) in [5.74, 6) is -0.0218. The molecule has 1 rings (SSSR count). The van der Waals surface area contributed by atoms with Gasteiger partial charge in [-0.2, -0.15) is 5.10 Å². The van der Waals surface area contributed by atoms with Crippen LogP contribution in [0.1, 0.15) is 36.3 Å². The molecule has 2 N–H and O–H groups in total. The SMILES string of the molecule is CCNCCCNC(=O)c1cn(C)nc1CC. The lowest BCUT2D eigenvalue weighted by Gasteiger charge is -2.04. The lowest BCUT2D eigenvalue weighted by molar-refractivity contribution is 0.0952. The third-order valence-corrected chi connectivity index (χ3v) is 2.55. The van der Waals surface area contributed by atoms with Gasteiger partial charge in [0.15, 0.2) is 0 Å². The molecule has 0 aromatic carbocycles. The Morgan fingerprint density at radius 1 is 1.41 bits per heavy atom.